The number of rotatable bonds is 5. The second-order valence-electron chi connectivity index (χ2n) is 6.00. The molecule has 0 aliphatic carbocycles. The van der Waals surface area contributed by atoms with Crippen molar-refractivity contribution in [1.29, 1.82) is 0 Å². The quantitative estimate of drug-likeness (QED) is 0.896. The van der Waals surface area contributed by atoms with Gasteiger partial charge in [-0.3, -0.25) is 0 Å². The Kier molecular flexibility index (Phi) is 4.27. The monoisotopic (exact) mass is 275 g/mol. The average molecular weight is 275 g/mol. The van der Waals surface area contributed by atoms with E-state index in [-0.39, 0.29) is 0 Å². The predicted octanol–water partition coefficient (Wildman–Crippen LogP) is 2.57. The van der Waals surface area contributed by atoms with Crippen LogP contribution in [0, 0.1) is 5.92 Å². The van der Waals surface area contributed by atoms with Crippen molar-refractivity contribution in [2.45, 2.75) is 44.8 Å². The van der Waals surface area contributed by atoms with Crippen molar-refractivity contribution in [3.05, 3.63) is 29.3 Å². The summed E-state index contributed by atoms with van der Waals surface area (Å²) in [6, 6.07) is 7.22. The molecule has 1 saturated heterocycles. The van der Waals surface area contributed by atoms with Crippen molar-refractivity contribution in [2.75, 3.05) is 20.3 Å². The molecular weight excluding hydrogens is 250 g/mol. The van der Waals surface area contributed by atoms with Gasteiger partial charge in [0.2, 0.25) is 0 Å². The number of fused-ring (bicyclic) bond motifs is 1. The van der Waals surface area contributed by atoms with Crippen LogP contribution >= 0.6 is 0 Å². The number of hydrogen-bond acceptors (Lipinski definition) is 3. The molecule has 20 heavy (non-hydrogen) atoms. The van der Waals surface area contributed by atoms with Gasteiger partial charge < -0.3 is 14.8 Å². The van der Waals surface area contributed by atoms with Gasteiger partial charge in [-0.25, -0.2) is 0 Å². The highest BCUT2D eigenvalue weighted by Crippen LogP contribution is 2.28. The zero-order chi connectivity index (χ0) is 13.9. The van der Waals surface area contributed by atoms with Crippen LogP contribution in [0.5, 0.6) is 5.75 Å². The van der Waals surface area contributed by atoms with Crippen molar-refractivity contribution in [2.24, 2.45) is 5.92 Å². The minimum Gasteiger partial charge on any atom is -0.493 e. The fraction of sp³-hybridized carbons (Fsp3) is 0.647. The van der Waals surface area contributed by atoms with Crippen molar-refractivity contribution in [3.63, 3.8) is 0 Å². The standard InChI is InChI=1S/C17H25NO2/c1-12-15(8-10-19-12)16(18-2)5-3-13-4-6-17-14(11-13)7-9-20-17/h4,6,11-12,15-16,18H,3,5,7-10H2,1-2H3. The summed E-state index contributed by atoms with van der Waals surface area (Å²) in [5, 5.41) is 3.49. The van der Waals surface area contributed by atoms with Gasteiger partial charge in [-0.2, -0.15) is 0 Å². The third kappa shape index (κ3) is 2.84. The Morgan fingerprint density at radius 1 is 1.35 bits per heavy atom. The molecule has 0 radical (unpaired) electrons. The van der Waals surface area contributed by atoms with Gasteiger partial charge in [0.05, 0.1) is 12.7 Å². The lowest BCUT2D eigenvalue weighted by Crippen LogP contribution is -2.37. The smallest absolute Gasteiger partial charge is 0.122 e. The third-order valence-corrected chi connectivity index (χ3v) is 4.82. The van der Waals surface area contributed by atoms with Gasteiger partial charge >= 0.3 is 0 Å². The van der Waals surface area contributed by atoms with Gasteiger partial charge in [0.1, 0.15) is 5.75 Å². The Hall–Kier alpha value is -1.06. The van der Waals surface area contributed by atoms with Crippen LogP contribution < -0.4 is 10.1 Å². The highest BCUT2D eigenvalue weighted by Gasteiger charge is 2.30. The predicted molar refractivity (Wildman–Crippen MR) is 80.3 cm³/mol. The second-order valence-corrected chi connectivity index (χ2v) is 6.00. The third-order valence-electron chi connectivity index (χ3n) is 4.82. The highest BCUT2D eigenvalue weighted by atomic mass is 16.5. The van der Waals surface area contributed by atoms with Crippen LogP contribution in [0.25, 0.3) is 0 Å². The molecular formula is C17H25NO2. The molecule has 2 aliphatic rings. The SMILES string of the molecule is CNC(CCc1ccc2c(c1)CCO2)C1CCOC1C. The number of nitrogens with one attached hydrogen (secondary N) is 1. The number of benzene rings is 1. The molecule has 110 valence electrons. The van der Waals surface area contributed by atoms with E-state index in [1.807, 2.05) is 0 Å². The fourth-order valence-electron chi connectivity index (χ4n) is 3.57. The Labute approximate surface area is 121 Å². The van der Waals surface area contributed by atoms with Crippen molar-refractivity contribution >= 4 is 0 Å². The first-order valence-electron chi connectivity index (χ1n) is 7.81. The van der Waals surface area contributed by atoms with Gasteiger partial charge in [0.25, 0.3) is 0 Å². The van der Waals surface area contributed by atoms with Gasteiger partial charge in [-0.05, 0) is 50.4 Å². The minimum absolute atomic E-state index is 0.390. The van der Waals surface area contributed by atoms with Crippen LogP contribution in [0.4, 0.5) is 0 Å². The van der Waals surface area contributed by atoms with Crippen LogP contribution in [-0.2, 0) is 17.6 Å². The Morgan fingerprint density at radius 2 is 2.25 bits per heavy atom. The average Bonchev–Trinajstić information content (AvgIpc) is 3.08. The molecule has 3 unspecified atom stereocenters. The second kappa shape index (κ2) is 6.15. The van der Waals surface area contributed by atoms with E-state index in [9.17, 15) is 0 Å². The Bertz CT molecular complexity index is 460. The van der Waals surface area contributed by atoms with Crippen LogP contribution in [0.3, 0.4) is 0 Å². The van der Waals surface area contributed by atoms with E-state index in [0.29, 0.717) is 18.1 Å². The van der Waals surface area contributed by atoms with Gasteiger partial charge in [0, 0.05) is 25.0 Å². The van der Waals surface area contributed by atoms with Crippen LogP contribution in [0.1, 0.15) is 30.9 Å². The zero-order valence-corrected chi connectivity index (χ0v) is 12.5. The molecule has 3 atom stereocenters. The van der Waals surface area contributed by atoms with Crippen molar-refractivity contribution < 1.29 is 9.47 Å². The number of ether oxygens (including phenoxy) is 2. The summed E-state index contributed by atoms with van der Waals surface area (Å²) < 4.78 is 11.3. The summed E-state index contributed by atoms with van der Waals surface area (Å²) >= 11 is 0. The maximum absolute atomic E-state index is 5.70. The van der Waals surface area contributed by atoms with E-state index in [4.69, 9.17) is 9.47 Å². The molecule has 2 aliphatic heterocycles. The Morgan fingerprint density at radius 3 is 3.00 bits per heavy atom. The van der Waals surface area contributed by atoms with Gasteiger partial charge in [-0.1, -0.05) is 12.1 Å². The summed E-state index contributed by atoms with van der Waals surface area (Å²) in [4.78, 5) is 0. The van der Waals surface area contributed by atoms with Crippen molar-refractivity contribution in [1.82, 2.24) is 5.32 Å². The minimum atomic E-state index is 0.390. The van der Waals surface area contributed by atoms with Gasteiger partial charge in [0.15, 0.2) is 0 Å². The first-order valence-corrected chi connectivity index (χ1v) is 7.81. The van der Waals surface area contributed by atoms with E-state index in [2.05, 4.69) is 37.5 Å². The fourth-order valence-corrected chi connectivity index (χ4v) is 3.57. The molecule has 1 aromatic rings. The van der Waals surface area contributed by atoms with E-state index < -0.39 is 0 Å². The van der Waals surface area contributed by atoms with Gasteiger partial charge in [-0.15, -0.1) is 0 Å². The lowest BCUT2D eigenvalue weighted by molar-refractivity contribution is 0.0953. The molecule has 2 heterocycles. The first-order chi connectivity index (χ1) is 9.78. The molecule has 3 nitrogen and oxygen atoms in total. The zero-order valence-electron chi connectivity index (χ0n) is 12.5. The van der Waals surface area contributed by atoms with Crippen LogP contribution in [0.2, 0.25) is 0 Å². The summed E-state index contributed by atoms with van der Waals surface area (Å²) in [6.45, 7) is 3.96. The first kappa shape index (κ1) is 13.9. The van der Waals surface area contributed by atoms with Crippen molar-refractivity contribution in [3.8, 4) is 5.75 Å². The molecule has 0 aromatic heterocycles. The van der Waals surface area contributed by atoms with E-state index in [0.717, 1.165) is 31.8 Å². The maximum Gasteiger partial charge on any atom is 0.122 e. The molecule has 1 aromatic carbocycles. The normalized spacial score (nSPS) is 26.3. The lowest BCUT2D eigenvalue weighted by Gasteiger charge is -2.25. The molecule has 0 spiro atoms. The molecule has 1 N–H and O–H groups in total. The molecule has 3 heteroatoms. The summed E-state index contributed by atoms with van der Waals surface area (Å²) in [5.41, 5.74) is 2.81. The van der Waals surface area contributed by atoms with E-state index >= 15 is 0 Å². The summed E-state index contributed by atoms with van der Waals surface area (Å²) in [6.07, 6.45) is 4.94. The van der Waals surface area contributed by atoms with Crippen LogP contribution in [0.15, 0.2) is 18.2 Å². The largest absolute Gasteiger partial charge is 0.493 e. The number of hydrogen-bond donors (Lipinski definition) is 1. The maximum atomic E-state index is 5.70. The summed E-state index contributed by atoms with van der Waals surface area (Å²) in [7, 11) is 2.08. The molecule has 0 amide bonds. The topological polar surface area (TPSA) is 30.5 Å². The van der Waals surface area contributed by atoms with E-state index in [1.165, 1.54) is 24.0 Å². The van der Waals surface area contributed by atoms with E-state index in [1.54, 1.807) is 0 Å². The molecule has 3 rings (SSSR count). The molecule has 0 bridgehead atoms. The lowest BCUT2D eigenvalue weighted by atomic mass is 9.89. The highest BCUT2D eigenvalue weighted by molar-refractivity contribution is 5.39. The Balaban J connectivity index is 1.60. The number of aryl methyl sites for hydroxylation is 1. The summed E-state index contributed by atoms with van der Waals surface area (Å²) in [5.74, 6) is 1.73. The molecule has 1 fully saturated rings. The van der Waals surface area contributed by atoms with Crippen LogP contribution in [-0.4, -0.2) is 32.4 Å². The molecule has 0 saturated carbocycles.